The second-order valence-electron chi connectivity index (χ2n) is 13.2. The first kappa shape index (κ1) is 29.2. The van der Waals surface area contributed by atoms with E-state index in [9.17, 15) is 4.79 Å². The molecule has 0 saturated heterocycles. The van der Waals surface area contributed by atoms with E-state index in [0.717, 1.165) is 81.9 Å². The molecule has 1 unspecified atom stereocenters. The average Bonchev–Trinajstić information content (AvgIpc) is 3.28. The second-order valence-corrected chi connectivity index (χ2v) is 13.2. The lowest BCUT2D eigenvalue weighted by Gasteiger charge is -2.36. The highest BCUT2D eigenvalue weighted by Crippen LogP contribution is 2.49. The first-order chi connectivity index (χ1) is 20.5. The average molecular weight is 569 g/mol. The third-order valence-electron chi connectivity index (χ3n) is 10.3. The molecule has 5 heteroatoms. The van der Waals surface area contributed by atoms with Crippen molar-refractivity contribution in [2.75, 3.05) is 46.9 Å². The number of carbonyl (C=O) groups is 1. The van der Waals surface area contributed by atoms with Crippen LogP contribution in [0.25, 0.3) is 0 Å². The number of Topliss-reactive ketones (excluding diaryl/α,β-unsaturated/α-hetero) is 1. The Bertz CT molecular complexity index is 1310. The zero-order valence-corrected chi connectivity index (χ0v) is 25.7. The minimum absolute atomic E-state index is 0.289. The number of carbonyl (C=O) groups excluding carboxylic acids is 1. The highest BCUT2D eigenvalue weighted by atomic mass is 16.5. The van der Waals surface area contributed by atoms with E-state index in [4.69, 9.17) is 9.47 Å². The molecule has 2 aliphatic heterocycles. The first-order valence-electron chi connectivity index (χ1n) is 16.2. The summed E-state index contributed by atoms with van der Waals surface area (Å²) in [5, 5.41) is 0. The van der Waals surface area contributed by atoms with Crippen molar-refractivity contribution in [1.82, 2.24) is 9.80 Å². The maximum Gasteiger partial charge on any atom is 0.170 e. The number of methoxy groups -OCH3 is 2. The van der Waals surface area contributed by atoms with Crippen LogP contribution >= 0.6 is 0 Å². The summed E-state index contributed by atoms with van der Waals surface area (Å²) < 4.78 is 11.2. The largest absolute Gasteiger partial charge is 0.493 e. The molecule has 2 heterocycles. The number of rotatable bonds is 10. The Morgan fingerprint density at radius 2 is 1.48 bits per heavy atom. The molecule has 224 valence electrons. The van der Waals surface area contributed by atoms with E-state index in [1.54, 1.807) is 14.2 Å². The Labute approximate surface area is 252 Å². The summed E-state index contributed by atoms with van der Waals surface area (Å²) in [5.41, 5.74) is 5.77. The number of benzene rings is 2. The highest BCUT2D eigenvalue weighted by molar-refractivity contribution is 6.06. The molecule has 1 fully saturated rings. The lowest BCUT2D eigenvalue weighted by molar-refractivity contribution is 0.0810. The van der Waals surface area contributed by atoms with Gasteiger partial charge >= 0.3 is 0 Å². The van der Waals surface area contributed by atoms with Gasteiger partial charge < -0.3 is 9.47 Å². The molecule has 0 spiro atoms. The number of nitrogens with zero attached hydrogens (tertiary/aromatic N) is 2. The van der Waals surface area contributed by atoms with E-state index < -0.39 is 5.41 Å². The summed E-state index contributed by atoms with van der Waals surface area (Å²) >= 11 is 0. The monoisotopic (exact) mass is 568 g/mol. The Balaban J connectivity index is 1.19. The van der Waals surface area contributed by atoms with Gasteiger partial charge in [-0.1, -0.05) is 72.9 Å². The molecule has 5 nitrogen and oxygen atoms in total. The molecule has 0 bridgehead atoms. The van der Waals surface area contributed by atoms with E-state index in [1.807, 2.05) is 12.1 Å². The maximum atomic E-state index is 14.4. The fourth-order valence-electron chi connectivity index (χ4n) is 7.94. The minimum atomic E-state index is -0.426. The van der Waals surface area contributed by atoms with Gasteiger partial charge in [0.25, 0.3) is 0 Å². The highest BCUT2D eigenvalue weighted by Gasteiger charge is 2.47. The van der Waals surface area contributed by atoms with Crippen LogP contribution in [0.3, 0.4) is 0 Å². The molecule has 1 saturated carbocycles. The van der Waals surface area contributed by atoms with Crippen molar-refractivity contribution in [1.29, 1.82) is 0 Å². The van der Waals surface area contributed by atoms with E-state index in [-0.39, 0.29) is 5.78 Å². The Hall–Kier alpha value is -2.89. The smallest absolute Gasteiger partial charge is 0.170 e. The summed E-state index contributed by atoms with van der Waals surface area (Å²) in [7, 11) is 3.32. The zero-order chi connectivity index (χ0) is 28.9. The second kappa shape index (κ2) is 13.2. The summed E-state index contributed by atoms with van der Waals surface area (Å²) in [4.78, 5) is 19.6. The van der Waals surface area contributed by atoms with Gasteiger partial charge in [-0.15, -0.1) is 0 Å². The van der Waals surface area contributed by atoms with Crippen LogP contribution in [0.5, 0.6) is 11.5 Å². The molecule has 0 aromatic heterocycles. The molecule has 2 aromatic rings. The third-order valence-corrected chi connectivity index (χ3v) is 10.3. The molecule has 4 aliphatic rings. The van der Waals surface area contributed by atoms with Crippen molar-refractivity contribution >= 4 is 5.78 Å². The van der Waals surface area contributed by atoms with Crippen molar-refractivity contribution in [3.05, 3.63) is 82.5 Å². The van der Waals surface area contributed by atoms with Gasteiger partial charge in [0.05, 0.1) is 14.2 Å². The van der Waals surface area contributed by atoms with Gasteiger partial charge in [0.2, 0.25) is 0 Å². The molecular weight excluding hydrogens is 520 g/mol. The molecule has 42 heavy (non-hydrogen) atoms. The van der Waals surface area contributed by atoms with Gasteiger partial charge in [-0.3, -0.25) is 14.6 Å². The van der Waals surface area contributed by atoms with Crippen LogP contribution in [0.2, 0.25) is 0 Å². The topological polar surface area (TPSA) is 42.0 Å². The summed E-state index contributed by atoms with van der Waals surface area (Å²) in [5.74, 6) is 2.51. The normalized spacial score (nSPS) is 23.8. The summed E-state index contributed by atoms with van der Waals surface area (Å²) in [6.45, 7) is 6.36. The van der Waals surface area contributed by atoms with Crippen LogP contribution in [0.4, 0.5) is 0 Å². The fraction of sp³-hybridized carbons (Fsp3) is 0.541. The SMILES string of the molecule is COc1cc2c(cc1OC)C(=O)C(CC1=CCN(Cc3ccccc3)CC1)(CC1=CCN(CC3CCCCC3)CC1)C2. The van der Waals surface area contributed by atoms with E-state index in [0.29, 0.717) is 11.5 Å². The van der Waals surface area contributed by atoms with Crippen LogP contribution < -0.4 is 9.47 Å². The van der Waals surface area contributed by atoms with Gasteiger partial charge in [0.15, 0.2) is 17.3 Å². The predicted octanol–water partition coefficient (Wildman–Crippen LogP) is 7.25. The summed E-state index contributed by atoms with van der Waals surface area (Å²) in [6, 6.07) is 14.7. The van der Waals surface area contributed by atoms with E-state index in [1.165, 1.54) is 55.4 Å². The number of ether oxygens (including phenoxy) is 2. The molecular formula is C37H48N2O3. The van der Waals surface area contributed by atoms with Crippen LogP contribution in [0, 0.1) is 11.3 Å². The third kappa shape index (κ3) is 6.53. The van der Waals surface area contributed by atoms with Crippen molar-refractivity contribution < 1.29 is 14.3 Å². The lowest BCUT2D eigenvalue weighted by Crippen LogP contribution is -2.36. The van der Waals surface area contributed by atoms with Gasteiger partial charge in [-0.25, -0.2) is 0 Å². The van der Waals surface area contributed by atoms with Crippen molar-refractivity contribution in [2.45, 2.75) is 70.8 Å². The Kier molecular flexibility index (Phi) is 9.16. The van der Waals surface area contributed by atoms with Crippen LogP contribution in [0.15, 0.2) is 65.8 Å². The number of ketones is 1. The quantitative estimate of drug-likeness (QED) is 0.282. The lowest BCUT2D eigenvalue weighted by atomic mass is 9.71. The van der Waals surface area contributed by atoms with Crippen molar-refractivity contribution in [3.8, 4) is 11.5 Å². The fourth-order valence-corrected chi connectivity index (χ4v) is 7.94. The predicted molar refractivity (Wildman–Crippen MR) is 169 cm³/mol. The standard InChI is InChI=1S/C37H48N2O3/c1-41-34-21-32-25-37(36(40)33(32)22-35(34)42-2,23-28-13-17-38(18-14-28)26-30-9-5-3-6-10-30)24-29-15-19-39(20-16-29)27-31-11-7-4-8-12-31/h3,5-6,9-10,13,15,21-22,31H,4,7-8,11-12,14,16-20,23-27H2,1-2H3. The van der Waals surface area contributed by atoms with Gasteiger partial charge in [-0.05, 0) is 74.1 Å². The number of fused-ring (bicyclic) bond motifs is 1. The number of hydrogen-bond acceptors (Lipinski definition) is 5. The molecule has 0 N–H and O–H groups in total. The molecule has 6 rings (SSSR count). The van der Waals surface area contributed by atoms with Crippen molar-refractivity contribution in [2.24, 2.45) is 11.3 Å². The number of hydrogen-bond donors (Lipinski definition) is 0. The molecule has 1 atom stereocenters. The first-order valence-corrected chi connectivity index (χ1v) is 16.2. The maximum absolute atomic E-state index is 14.4. The summed E-state index contributed by atoms with van der Waals surface area (Å²) in [6.07, 6.45) is 16.5. The minimum Gasteiger partial charge on any atom is -0.493 e. The van der Waals surface area contributed by atoms with Gasteiger partial charge in [-0.2, -0.15) is 0 Å². The molecule has 0 amide bonds. The van der Waals surface area contributed by atoms with E-state index >= 15 is 0 Å². The molecule has 2 aromatic carbocycles. The van der Waals surface area contributed by atoms with Gasteiger partial charge in [0, 0.05) is 50.2 Å². The molecule has 0 radical (unpaired) electrons. The van der Waals surface area contributed by atoms with Crippen LogP contribution in [-0.4, -0.2) is 62.5 Å². The Morgan fingerprint density at radius 3 is 2.10 bits per heavy atom. The van der Waals surface area contributed by atoms with Crippen molar-refractivity contribution in [3.63, 3.8) is 0 Å². The van der Waals surface area contributed by atoms with E-state index in [2.05, 4.69) is 52.3 Å². The zero-order valence-electron chi connectivity index (χ0n) is 25.7. The van der Waals surface area contributed by atoms with Crippen LogP contribution in [-0.2, 0) is 13.0 Å². The Morgan fingerprint density at radius 1 is 0.833 bits per heavy atom. The molecule has 2 aliphatic carbocycles. The van der Waals surface area contributed by atoms with Gasteiger partial charge in [0.1, 0.15) is 0 Å². The van der Waals surface area contributed by atoms with Crippen LogP contribution in [0.1, 0.15) is 79.3 Å².